The highest BCUT2D eigenvalue weighted by Crippen LogP contribution is 2.21. The number of aromatic nitrogens is 3. The van der Waals surface area contributed by atoms with Crippen LogP contribution in [0.4, 0.5) is 0 Å². The number of hydrazine groups is 1. The second-order valence-electron chi connectivity index (χ2n) is 5.09. The van der Waals surface area contributed by atoms with Crippen LogP contribution >= 0.6 is 0 Å². The summed E-state index contributed by atoms with van der Waals surface area (Å²) in [7, 11) is 0. The van der Waals surface area contributed by atoms with Crippen molar-refractivity contribution in [1.29, 1.82) is 0 Å². The van der Waals surface area contributed by atoms with Crippen LogP contribution in [-0.4, -0.2) is 32.7 Å². The van der Waals surface area contributed by atoms with Gasteiger partial charge in [-0.05, 0) is 38.0 Å². The van der Waals surface area contributed by atoms with Gasteiger partial charge in [0.15, 0.2) is 6.10 Å². The second kappa shape index (κ2) is 7.39. The number of aryl methyl sites for hydroxylation is 1. The van der Waals surface area contributed by atoms with Crippen molar-refractivity contribution in [3.05, 3.63) is 42.0 Å². The molecule has 2 rings (SSSR count). The number of nitrogens with one attached hydrogen (secondary N) is 2. The Kier molecular flexibility index (Phi) is 5.29. The van der Waals surface area contributed by atoms with E-state index in [0.717, 1.165) is 11.1 Å². The quantitative estimate of drug-likeness (QED) is 0.783. The second-order valence-corrected chi connectivity index (χ2v) is 5.09. The first kappa shape index (κ1) is 16.5. The van der Waals surface area contributed by atoms with Gasteiger partial charge in [-0.1, -0.05) is 12.1 Å². The predicted octanol–water partition coefficient (Wildman–Crippen LogP) is 0.510. The number of benzene rings is 1. The summed E-state index contributed by atoms with van der Waals surface area (Å²) < 4.78 is 6.98. The summed E-state index contributed by atoms with van der Waals surface area (Å²) in [5.74, 6) is -0.220. The Morgan fingerprint density at radius 1 is 1.30 bits per heavy atom. The van der Waals surface area contributed by atoms with E-state index in [2.05, 4.69) is 20.9 Å². The van der Waals surface area contributed by atoms with Crippen LogP contribution in [0.5, 0.6) is 5.75 Å². The minimum Gasteiger partial charge on any atom is -0.481 e. The van der Waals surface area contributed by atoms with Crippen LogP contribution in [0.2, 0.25) is 0 Å². The zero-order valence-electron chi connectivity index (χ0n) is 13.2. The molecule has 0 radical (unpaired) electrons. The fourth-order valence-electron chi connectivity index (χ4n) is 1.83. The van der Waals surface area contributed by atoms with E-state index >= 15 is 0 Å². The van der Waals surface area contributed by atoms with Gasteiger partial charge in [0.05, 0.1) is 0 Å². The predicted molar refractivity (Wildman–Crippen MR) is 82.3 cm³/mol. The average Bonchev–Trinajstić information content (AvgIpc) is 3.02. The van der Waals surface area contributed by atoms with Gasteiger partial charge in [0.1, 0.15) is 24.9 Å². The highest BCUT2D eigenvalue weighted by molar-refractivity contribution is 5.84. The maximum atomic E-state index is 12.0. The van der Waals surface area contributed by atoms with Gasteiger partial charge >= 0.3 is 0 Å². The van der Waals surface area contributed by atoms with Crippen LogP contribution in [-0.2, 0) is 16.1 Å². The van der Waals surface area contributed by atoms with Crippen molar-refractivity contribution in [1.82, 2.24) is 25.6 Å². The first-order chi connectivity index (χ1) is 11.0. The van der Waals surface area contributed by atoms with E-state index in [9.17, 15) is 9.59 Å². The summed E-state index contributed by atoms with van der Waals surface area (Å²) in [4.78, 5) is 27.3. The molecule has 2 amide bonds. The number of hydrogen-bond donors (Lipinski definition) is 2. The van der Waals surface area contributed by atoms with Crippen LogP contribution in [0.15, 0.2) is 30.9 Å². The summed E-state index contributed by atoms with van der Waals surface area (Å²) in [6.07, 6.45) is 1.99. The normalized spacial score (nSPS) is 11.6. The van der Waals surface area contributed by atoms with Crippen molar-refractivity contribution in [3.8, 4) is 5.75 Å². The Labute approximate surface area is 133 Å². The molecule has 0 spiro atoms. The van der Waals surface area contributed by atoms with Gasteiger partial charge in [0, 0.05) is 0 Å². The van der Waals surface area contributed by atoms with Gasteiger partial charge in [0.25, 0.3) is 11.8 Å². The SMILES string of the molecule is Cc1cccc(OC(C)C(=O)NNC(=O)Cn2cncn2)c1C. The molecular formula is C15H19N5O3. The fourth-order valence-corrected chi connectivity index (χ4v) is 1.83. The molecule has 23 heavy (non-hydrogen) atoms. The molecule has 1 atom stereocenters. The summed E-state index contributed by atoms with van der Waals surface area (Å²) in [5.41, 5.74) is 6.68. The molecule has 0 saturated carbocycles. The molecule has 0 aliphatic rings. The van der Waals surface area contributed by atoms with Crippen molar-refractivity contribution in [2.75, 3.05) is 0 Å². The lowest BCUT2D eigenvalue weighted by Gasteiger charge is -2.17. The maximum absolute atomic E-state index is 12.0. The summed E-state index contributed by atoms with van der Waals surface area (Å²) in [5, 5.41) is 3.80. The monoisotopic (exact) mass is 317 g/mol. The number of nitrogens with zero attached hydrogens (tertiary/aromatic N) is 3. The van der Waals surface area contributed by atoms with Gasteiger partial charge < -0.3 is 4.74 Å². The van der Waals surface area contributed by atoms with Gasteiger partial charge in [-0.3, -0.25) is 20.4 Å². The third-order valence-corrected chi connectivity index (χ3v) is 3.33. The lowest BCUT2D eigenvalue weighted by molar-refractivity contribution is -0.133. The highest BCUT2D eigenvalue weighted by Gasteiger charge is 2.16. The Hall–Kier alpha value is -2.90. The Morgan fingerprint density at radius 2 is 2.09 bits per heavy atom. The van der Waals surface area contributed by atoms with E-state index < -0.39 is 17.9 Å². The number of ether oxygens (including phenoxy) is 1. The molecule has 2 aromatic rings. The number of carbonyl (C=O) groups excluding carboxylic acids is 2. The molecule has 1 aromatic heterocycles. The smallest absolute Gasteiger partial charge is 0.279 e. The number of rotatable bonds is 5. The molecule has 1 unspecified atom stereocenters. The molecule has 2 N–H and O–H groups in total. The summed E-state index contributed by atoms with van der Waals surface area (Å²) in [6.45, 7) is 5.47. The molecule has 0 bridgehead atoms. The molecule has 1 aromatic carbocycles. The number of carbonyl (C=O) groups is 2. The average molecular weight is 317 g/mol. The van der Waals surface area contributed by atoms with Crippen LogP contribution < -0.4 is 15.6 Å². The van der Waals surface area contributed by atoms with Crippen molar-refractivity contribution < 1.29 is 14.3 Å². The van der Waals surface area contributed by atoms with E-state index in [-0.39, 0.29) is 6.54 Å². The molecule has 8 heteroatoms. The molecule has 122 valence electrons. The van der Waals surface area contributed by atoms with E-state index in [1.54, 1.807) is 13.0 Å². The largest absolute Gasteiger partial charge is 0.481 e. The zero-order valence-corrected chi connectivity index (χ0v) is 13.2. The molecular weight excluding hydrogens is 298 g/mol. The minimum absolute atomic E-state index is 0.0352. The summed E-state index contributed by atoms with van der Waals surface area (Å²) in [6, 6.07) is 5.63. The molecule has 1 heterocycles. The molecule has 0 aliphatic carbocycles. The van der Waals surface area contributed by atoms with E-state index in [1.807, 2.05) is 26.0 Å². The molecule has 0 aliphatic heterocycles. The van der Waals surface area contributed by atoms with Gasteiger partial charge in [0.2, 0.25) is 0 Å². The van der Waals surface area contributed by atoms with Crippen LogP contribution in [0.25, 0.3) is 0 Å². The standard InChI is InChI=1S/C15H19N5O3/c1-10-5-4-6-13(11(10)2)23-12(3)15(22)19-18-14(21)7-20-9-16-8-17-20/h4-6,8-9,12H,7H2,1-3H3,(H,18,21)(H,19,22). The van der Waals surface area contributed by atoms with Gasteiger partial charge in [-0.15, -0.1) is 0 Å². The number of hydrogen-bond acceptors (Lipinski definition) is 5. The third kappa shape index (κ3) is 4.53. The van der Waals surface area contributed by atoms with Gasteiger partial charge in [-0.25, -0.2) is 9.67 Å². The van der Waals surface area contributed by atoms with Crippen molar-refractivity contribution in [2.45, 2.75) is 33.4 Å². The Bertz CT molecular complexity index is 684. The van der Waals surface area contributed by atoms with Crippen molar-refractivity contribution >= 4 is 11.8 Å². The van der Waals surface area contributed by atoms with Crippen LogP contribution in [0.3, 0.4) is 0 Å². The van der Waals surface area contributed by atoms with Gasteiger partial charge in [-0.2, -0.15) is 5.10 Å². The molecule has 8 nitrogen and oxygen atoms in total. The molecule has 0 saturated heterocycles. The Morgan fingerprint density at radius 3 is 2.78 bits per heavy atom. The lowest BCUT2D eigenvalue weighted by atomic mass is 10.1. The number of amides is 2. The summed E-state index contributed by atoms with van der Waals surface area (Å²) >= 11 is 0. The first-order valence-electron chi connectivity index (χ1n) is 7.11. The third-order valence-electron chi connectivity index (χ3n) is 3.33. The maximum Gasteiger partial charge on any atom is 0.279 e. The van der Waals surface area contributed by atoms with E-state index in [4.69, 9.17) is 4.74 Å². The van der Waals surface area contributed by atoms with Crippen molar-refractivity contribution in [2.24, 2.45) is 0 Å². The van der Waals surface area contributed by atoms with E-state index in [1.165, 1.54) is 17.3 Å². The topological polar surface area (TPSA) is 98.1 Å². The Balaban J connectivity index is 1.83. The highest BCUT2D eigenvalue weighted by atomic mass is 16.5. The zero-order chi connectivity index (χ0) is 16.8. The molecule has 0 fully saturated rings. The van der Waals surface area contributed by atoms with Crippen molar-refractivity contribution in [3.63, 3.8) is 0 Å². The lowest BCUT2D eigenvalue weighted by Crippen LogP contribution is -2.48. The first-order valence-corrected chi connectivity index (χ1v) is 7.11. The van der Waals surface area contributed by atoms with E-state index in [0.29, 0.717) is 5.75 Å². The van der Waals surface area contributed by atoms with Crippen LogP contribution in [0.1, 0.15) is 18.1 Å². The fraction of sp³-hybridized carbons (Fsp3) is 0.333. The van der Waals surface area contributed by atoms with Crippen LogP contribution in [0, 0.1) is 13.8 Å². The minimum atomic E-state index is -0.748.